The average molecular weight is 452 g/mol. The van der Waals surface area contributed by atoms with Crippen molar-refractivity contribution in [3.8, 4) is 17.2 Å². The smallest absolute Gasteiger partial charge is 0.383 e. The molecule has 2 fully saturated rings. The second-order valence-electron chi connectivity index (χ2n) is 8.54. The first kappa shape index (κ1) is 22.8. The van der Waals surface area contributed by atoms with Crippen molar-refractivity contribution < 1.29 is 44.2 Å². The number of aliphatic hydroxyl groups excluding tert-OH is 4. The summed E-state index contributed by atoms with van der Waals surface area (Å²) in [6, 6.07) is 4.24. The summed E-state index contributed by atoms with van der Waals surface area (Å²) in [6.07, 6.45) is -3.78. The van der Waals surface area contributed by atoms with E-state index in [2.05, 4.69) is 6.92 Å². The van der Waals surface area contributed by atoms with Crippen LogP contribution >= 0.6 is 0 Å². The Balaban J connectivity index is 1.55. The SMILES string of the molecule is CC1CCC(Oc2c(O)c3ccc(O[C@@H]4O[C@H](CO)[C@@H](O)[C@H](O)[C@H]4O)cc3oc2=O)CC1. The van der Waals surface area contributed by atoms with E-state index in [1.807, 2.05) is 0 Å². The summed E-state index contributed by atoms with van der Waals surface area (Å²) in [5.41, 5.74) is -0.794. The molecule has 0 spiro atoms. The lowest BCUT2D eigenvalue weighted by Gasteiger charge is -2.39. The molecule has 0 amide bonds. The maximum atomic E-state index is 12.5. The lowest BCUT2D eigenvalue weighted by molar-refractivity contribution is -0.277. The number of ether oxygens (including phenoxy) is 3. The van der Waals surface area contributed by atoms with Gasteiger partial charge in [-0.05, 0) is 43.7 Å². The van der Waals surface area contributed by atoms with E-state index in [1.54, 1.807) is 0 Å². The van der Waals surface area contributed by atoms with E-state index >= 15 is 0 Å². The van der Waals surface area contributed by atoms with Gasteiger partial charge < -0.3 is 44.2 Å². The average Bonchev–Trinajstić information content (AvgIpc) is 2.78. The number of hydrogen-bond donors (Lipinski definition) is 5. The predicted octanol–water partition coefficient (Wildman–Crippen LogP) is 0.635. The van der Waals surface area contributed by atoms with Gasteiger partial charge >= 0.3 is 5.63 Å². The highest BCUT2D eigenvalue weighted by Gasteiger charge is 2.44. The topological polar surface area (TPSA) is 159 Å². The van der Waals surface area contributed by atoms with Crippen molar-refractivity contribution in [2.75, 3.05) is 6.61 Å². The fraction of sp³-hybridized carbons (Fsp3) is 0.591. The number of aromatic hydroxyl groups is 1. The van der Waals surface area contributed by atoms with Crippen LogP contribution in [0.1, 0.15) is 32.6 Å². The number of rotatable bonds is 5. The number of fused-ring (bicyclic) bond motifs is 1. The summed E-state index contributed by atoms with van der Waals surface area (Å²) in [7, 11) is 0. The van der Waals surface area contributed by atoms with Gasteiger partial charge in [0.1, 0.15) is 35.7 Å². The molecule has 1 saturated heterocycles. The molecule has 1 aromatic heterocycles. The zero-order chi connectivity index (χ0) is 23.0. The van der Waals surface area contributed by atoms with Crippen molar-refractivity contribution in [2.24, 2.45) is 5.92 Å². The quantitative estimate of drug-likeness (QED) is 0.407. The molecule has 10 nitrogen and oxygen atoms in total. The summed E-state index contributed by atoms with van der Waals surface area (Å²) >= 11 is 0. The lowest BCUT2D eigenvalue weighted by Crippen LogP contribution is -2.60. The number of hydrogen-bond acceptors (Lipinski definition) is 10. The van der Waals surface area contributed by atoms with E-state index in [1.165, 1.54) is 18.2 Å². The van der Waals surface area contributed by atoms with Crippen LogP contribution in [0.3, 0.4) is 0 Å². The normalized spacial score (nSPS) is 33.2. The van der Waals surface area contributed by atoms with Gasteiger partial charge in [0.05, 0.1) is 18.1 Å². The van der Waals surface area contributed by atoms with E-state index in [9.17, 15) is 30.3 Å². The first-order chi connectivity index (χ1) is 15.3. The van der Waals surface area contributed by atoms with Gasteiger partial charge in [0, 0.05) is 6.07 Å². The summed E-state index contributed by atoms with van der Waals surface area (Å²) in [4.78, 5) is 12.5. The molecule has 5 N–H and O–H groups in total. The third-order valence-corrected chi connectivity index (χ3v) is 6.16. The Morgan fingerprint density at radius 3 is 2.44 bits per heavy atom. The molecule has 0 radical (unpaired) electrons. The molecular formula is C22H28O10. The highest BCUT2D eigenvalue weighted by molar-refractivity contribution is 5.86. The molecule has 0 bridgehead atoms. The third kappa shape index (κ3) is 4.41. The van der Waals surface area contributed by atoms with Crippen LogP contribution < -0.4 is 15.1 Å². The van der Waals surface area contributed by atoms with Crippen molar-refractivity contribution in [1.29, 1.82) is 0 Å². The molecule has 1 aromatic carbocycles. The molecule has 2 aliphatic rings. The lowest BCUT2D eigenvalue weighted by atomic mass is 9.89. The van der Waals surface area contributed by atoms with E-state index < -0.39 is 42.9 Å². The van der Waals surface area contributed by atoms with Gasteiger partial charge in [-0.3, -0.25) is 0 Å². The number of benzene rings is 1. The minimum absolute atomic E-state index is 0.0270. The van der Waals surface area contributed by atoms with Gasteiger partial charge in [-0.1, -0.05) is 6.92 Å². The molecule has 32 heavy (non-hydrogen) atoms. The maximum Gasteiger partial charge on any atom is 0.383 e. The maximum absolute atomic E-state index is 12.5. The highest BCUT2D eigenvalue weighted by atomic mass is 16.7. The molecular weight excluding hydrogens is 424 g/mol. The van der Waals surface area contributed by atoms with Gasteiger partial charge in [-0.15, -0.1) is 0 Å². The van der Waals surface area contributed by atoms with E-state index in [4.69, 9.17) is 18.6 Å². The standard InChI is InChI=1S/C22H28O10/c1-10-2-4-11(5-3-10)29-20-16(24)13-7-6-12(8-14(13)31-21(20)28)30-22-19(27)18(26)17(25)15(9-23)32-22/h6-8,10-11,15,17-19,22-27H,2-5,9H2,1H3/t10?,11?,15-,17-,18+,19-,22-/m1/s1. The van der Waals surface area contributed by atoms with Gasteiger partial charge in [-0.25, -0.2) is 4.79 Å². The van der Waals surface area contributed by atoms with Crippen LogP contribution in [0.2, 0.25) is 0 Å². The molecule has 1 saturated carbocycles. The van der Waals surface area contributed by atoms with Crippen LogP contribution in [0, 0.1) is 5.92 Å². The Kier molecular flexibility index (Phi) is 6.59. The molecule has 0 unspecified atom stereocenters. The summed E-state index contributed by atoms with van der Waals surface area (Å²) in [5.74, 6) is 0.173. The molecule has 1 aliphatic carbocycles. The van der Waals surface area contributed by atoms with Gasteiger partial charge in [0.15, 0.2) is 5.75 Å². The zero-order valence-corrected chi connectivity index (χ0v) is 17.6. The first-order valence-corrected chi connectivity index (χ1v) is 10.7. The van der Waals surface area contributed by atoms with Crippen LogP contribution in [0.5, 0.6) is 17.2 Å². The minimum atomic E-state index is -1.59. The molecule has 2 aromatic rings. The van der Waals surface area contributed by atoms with Gasteiger partial charge in [0.2, 0.25) is 12.0 Å². The summed E-state index contributed by atoms with van der Waals surface area (Å²) in [6.45, 7) is 1.58. The predicted molar refractivity (Wildman–Crippen MR) is 111 cm³/mol. The Labute approximate surface area is 183 Å². The largest absolute Gasteiger partial charge is 0.504 e. The van der Waals surface area contributed by atoms with E-state index in [0.717, 1.165) is 25.7 Å². The van der Waals surface area contributed by atoms with Crippen LogP contribution in [-0.4, -0.2) is 68.9 Å². The van der Waals surface area contributed by atoms with Gasteiger partial charge in [0.25, 0.3) is 0 Å². The summed E-state index contributed by atoms with van der Waals surface area (Å²) < 4.78 is 21.9. The van der Waals surface area contributed by atoms with Crippen LogP contribution in [0.25, 0.3) is 11.0 Å². The van der Waals surface area contributed by atoms with Crippen molar-refractivity contribution in [3.05, 3.63) is 28.6 Å². The fourth-order valence-electron chi connectivity index (χ4n) is 4.14. The fourth-order valence-corrected chi connectivity index (χ4v) is 4.14. The Hall–Kier alpha value is -2.37. The molecule has 2 heterocycles. The van der Waals surface area contributed by atoms with Crippen LogP contribution in [0.15, 0.2) is 27.4 Å². The van der Waals surface area contributed by atoms with E-state index in [-0.39, 0.29) is 34.3 Å². The van der Waals surface area contributed by atoms with Crippen LogP contribution in [-0.2, 0) is 4.74 Å². The highest BCUT2D eigenvalue weighted by Crippen LogP contribution is 2.36. The second kappa shape index (κ2) is 9.24. The second-order valence-corrected chi connectivity index (χ2v) is 8.54. The molecule has 176 valence electrons. The first-order valence-electron chi connectivity index (χ1n) is 10.7. The zero-order valence-electron chi connectivity index (χ0n) is 17.6. The monoisotopic (exact) mass is 452 g/mol. The Bertz CT molecular complexity index is 994. The molecule has 1 aliphatic heterocycles. The summed E-state index contributed by atoms with van der Waals surface area (Å²) in [5, 5.41) is 50.0. The third-order valence-electron chi connectivity index (χ3n) is 6.16. The van der Waals surface area contributed by atoms with Crippen molar-refractivity contribution >= 4 is 11.0 Å². The number of aliphatic hydroxyl groups is 4. The van der Waals surface area contributed by atoms with Crippen molar-refractivity contribution in [2.45, 2.75) is 69.4 Å². The minimum Gasteiger partial charge on any atom is -0.504 e. The van der Waals surface area contributed by atoms with Gasteiger partial charge in [-0.2, -0.15) is 0 Å². The van der Waals surface area contributed by atoms with Crippen molar-refractivity contribution in [3.63, 3.8) is 0 Å². The van der Waals surface area contributed by atoms with Crippen LogP contribution in [0.4, 0.5) is 0 Å². The molecule has 4 rings (SSSR count). The van der Waals surface area contributed by atoms with Crippen molar-refractivity contribution in [1.82, 2.24) is 0 Å². The molecule has 10 heteroatoms. The Morgan fingerprint density at radius 2 is 1.75 bits per heavy atom. The van der Waals surface area contributed by atoms with E-state index in [0.29, 0.717) is 5.92 Å². The Morgan fingerprint density at radius 1 is 1.03 bits per heavy atom. The molecule has 5 atom stereocenters.